The number of rotatable bonds is 2. The summed E-state index contributed by atoms with van der Waals surface area (Å²) in [6.45, 7) is 0. The second-order valence-electron chi connectivity index (χ2n) is 6.41. The monoisotopic (exact) mass is 316 g/mol. The van der Waals surface area contributed by atoms with Gasteiger partial charge in [-0.25, -0.2) is 0 Å². The van der Waals surface area contributed by atoms with Crippen LogP contribution in [0, 0.1) is 11.8 Å². The quantitative estimate of drug-likeness (QED) is 0.745. The highest BCUT2D eigenvalue weighted by Crippen LogP contribution is 2.54. The second kappa shape index (κ2) is 5.36. The number of alkyl halides is 3. The largest absolute Gasteiger partial charge is 0.416 e. The number of fused-ring (bicyclic) bond motifs is 1. The third kappa shape index (κ3) is 2.44. The fourth-order valence-electron chi connectivity index (χ4n) is 4.08. The lowest BCUT2D eigenvalue weighted by Gasteiger charge is -2.41. The summed E-state index contributed by atoms with van der Waals surface area (Å²) in [7, 11) is 0. The summed E-state index contributed by atoms with van der Waals surface area (Å²) in [6, 6.07) is 10.0. The van der Waals surface area contributed by atoms with Crippen LogP contribution in [0.3, 0.4) is 0 Å². The van der Waals surface area contributed by atoms with Crippen LogP contribution in [-0.2, 0) is 12.6 Å². The highest BCUT2D eigenvalue weighted by Gasteiger charge is 2.45. The van der Waals surface area contributed by atoms with Crippen LogP contribution in [0.1, 0.15) is 47.6 Å². The fourth-order valence-corrected chi connectivity index (χ4v) is 4.08. The molecule has 2 aromatic rings. The summed E-state index contributed by atoms with van der Waals surface area (Å²) in [6.07, 6.45) is 1.20. The Kier molecular flexibility index (Phi) is 3.43. The standard InChI is InChI=1S/C19H17F3N/c20-19(21,22)17-6-2-1-5-15(17)13-9-10-14(13)16-8-7-12-4-3-11-23-18(12)16/h1-6,11,14,16H,7-10H2. The highest BCUT2D eigenvalue weighted by atomic mass is 19.4. The molecule has 2 unspecified atom stereocenters. The van der Waals surface area contributed by atoms with E-state index in [2.05, 4.69) is 11.1 Å². The van der Waals surface area contributed by atoms with Crippen LogP contribution in [0.5, 0.6) is 0 Å². The third-order valence-electron chi connectivity index (χ3n) is 5.24. The molecule has 4 heteroatoms. The third-order valence-corrected chi connectivity index (χ3v) is 5.24. The Morgan fingerprint density at radius 3 is 2.43 bits per heavy atom. The summed E-state index contributed by atoms with van der Waals surface area (Å²) in [4.78, 5) is 4.51. The lowest BCUT2D eigenvalue weighted by atomic mass is 9.63. The minimum atomic E-state index is -4.30. The van der Waals surface area contributed by atoms with Gasteiger partial charge in [0.15, 0.2) is 0 Å². The molecule has 1 radical (unpaired) electrons. The van der Waals surface area contributed by atoms with E-state index in [1.165, 1.54) is 17.7 Å². The van der Waals surface area contributed by atoms with Crippen LogP contribution in [0.25, 0.3) is 0 Å². The van der Waals surface area contributed by atoms with E-state index < -0.39 is 11.7 Å². The first-order valence-corrected chi connectivity index (χ1v) is 8.02. The number of aromatic nitrogens is 1. The van der Waals surface area contributed by atoms with Gasteiger partial charge in [0, 0.05) is 23.7 Å². The van der Waals surface area contributed by atoms with Gasteiger partial charge in [-0.15, -0.1) is 0 Å². The zero-order chi connectivity index (χ0) is 16.0. The van der Waals surface area contributed by atoms with Gasteiger partial charge in [0.1, 0.15) is 0 Å². The lowest BCUT2D eigenvalue weighted by molar-refractivity contribution is -0.138. The zero-order valence-corrected chi connectivity index (χ0v) is 12.6. The first-order valence-electron chi connectivity index (χ1n) is 8.02. The minimum Gasteiger partial charge on any atom is -0.261 e. The Labute approximate surface area is 133 Å². The summed E-state index contributed by atoms with van der Waals surface area (Å²) in [5.74, 6) is 1.44. The average Bonchev–Trinajstić information content (AvgIpc) is 2.90. The fraction of sp³-hybridized carbons (Fsp3) is 0.368. The summed E-state index contributed by atoms with van der Waals surface area (Å²) in [5.41, 5.74) is 2.24. The van der Waals surface area contributed by atoms with E-state index in [9.17, 15) is 13.2 Å². The maximum absolute atomic E-state index is 13.3. The normalized spacial score (nSPS) is 24.3. The van der Waals surface area contributed by atoms with Gasteiger partial charge in [0.2, 0.25) is 0 Å². The highest BCUT2D eigenvalue weighted by molar-refractivity contribution is 5.45. The van der Waals surface area contributed by atoms with Gasteiger partial charge in [-0.3, -0.25) is 4.98 Å². The molecule has 1 nitrogen and oxygen atoms in total. The van der Waals surface area contributed by atoms with E-state index in [1.807, 2.05) is 6.07 Å². The average molecular weight is 316 g/mol. The Hall–Kier alpha value is -1.84. The molecule has 2 aliphatic carbocycles. The molecular formula is C19H17F3N. The molecule has 1 aromatic heterocycles. The van der Waals surface area contributed by atoms with E-state index in [0.29, 0.717) is 5.56 Å². The molecule has 1 saturated carbocycles. The Morgan fingerprint density at radius 2 is 1.70 bits per heavy atom. The van der Waals surface area contributed by atoms with Crippen molar-refractivity contribution in [3.05, 3.63) is 70.9 Å². The SMILES string of the molecule is FC(F)(F)c1ccccc1[C]1CCC1C1CCc2cccnc21. The Balaban J connectivity index is 1.66. The van der Waals surface area contributed by atoms with Gasteiger partial charge < -0.3 is 0 Å². The number of halogens is 3. The number of hydrogen-bond acceptors (Lipinski definition) is 1. The molecule has 0 saturated heterocycles. The molecule has 2 atom stereocenters. The predicted octanol–water partition coefficient (Wildman–Crippen LogP) is 5.16. The second-order valence-corrected chi connectivity index (χ2v) is 6.41. The Bertz CT molecular complexity index is 723. The van der Waals surface area contributed by atoms with Crippen molar-refractivity contribution < 1.29 is 13.2 Å². The smallest absolute Gasteiger partial charge is 0.261 e. The molecule has 2 aliphatic rings. The molecular weight excluding hydrogens is 299 g/mol. The molecule has 119 valence electrons. The molecule has 0 bridgehead atoms. The minimum absolute atomic E-state index is 0.203. The molecule has 1 aromatic carbocycles. The molecule has 0 amide bonds. The first kappa shape index (κ1) is 14.7. The molecule has 4 rings (SSSR count). The van der Waals surface area contributed by atoms with Crippen LogP contribution in [-0.4, -0.2) is 4.98 Å². The topological polar surface area (TPSA) is 12.9 Å². The van der Waals surface area contributed by atoms with Gasteiger partial charge in [0.25, 0.3) is 0 Å². The van der Waals surface area contributed by atoms with Crippen molar-refractivity contribution in [3.8, 4) is 0 Å². The van der Waals surface area contributed by atoms with Crippen molar-refractivity contribution in [1.82, 2.24) is 4.98 Å². The van der Waals surface area contributed by atoms with Crippen molar-refractivity contribution in [2.24, 2.45) is 5.92 Å². The maximum Gasteiger partial charge on any atom is 0.416 e. The predicted molar refractivity (Wildman–Crippen MR) is 81.8 cm³/mol. The van der Waals surface area contributed by atoms with Crippen LogP contribution < -0.4 is 0 Å². The van der Waals surface area contributed by atoms with Crippen LogP contribution in [0.2, 0.25) is 0 Å². The van der Waals surface area contributed by atoms with Gasteiger partial charge in [0.05, 0.1) is 5.56 Å². The van der Waals surface area contributed by atoms with Crippen molar-refractivity contribution in [2.45, 2.75) is 37.8 Å². The van der Waals surface area contributed by atoms with Gasteiger partial charge in [-0.05, 0) is 54.9 Å². The summed E-state index contributed by atoms with van der Waals surface area (Å²) >= 11 is 0. The number of hydrogen-bond donors (Lipinski definition) is 0. The zero-order valence-electron chi connectivity index (χ0n) is 12.6. The molecule has 1 fully saturated rings. The van der Waals surface area contributed by atoms with Crippen molar-refractivity contribution >= 4 is 0 Å². The number of pyridine rings is 1. The summed E-state index contributed by atoms with van der Waals surface area (Å²) in [5, 5.41) is 0. The van der Waals surface area contributed by atoms with E-state index in [-0.39, 0.29) is 11.8 Å². The first-order chi connectivity index (χ1) is 11.1. The van der Waals surface area contributed by atoms with Crippen molar-refractivity contribution in [3.63, 3.8) is 0 Å². The van der Waals surface area contributed by atoms with Gasteiger partial charge in [-0.2, -0.15) is 13.2 Å². The summed E-state index contributed by atoms with van der Waals surface area (Å²) < 4.78 is 39.9. The van der Waals surface area contributed by atoms with Crippen molar-refractivity contribution in [1.29, 1.82) is 0 Å². The number of aryl methyl sites for hydroxylation is 1. The van der Waals surface area contributed by atoms with Crippen LogP contribution >= 0.6 is 0 Å². The Morgan fingerprint density at radius 1 is 0.913 bits per heavy atom. The number of benzene rings is 1. The van der Waals surface area contributed by atoms with E-state index in [1.54, 1.807) is 18.3 Å². The molecule has 0 aliphatic heterocycles. The lowest BCUT2D eigenvalue weighted by Crippen LogP contribution is -2.31. The molecule has 0 N–H and O–H groups in total. The van der Waals surface area contributed by atoms with E-state index >= 15 is 0 Å². The van der Waals surface area contributed by atoms with E-state index in [0.717, 1.165) is 37.3 Å². The molecule has 1 heterocycles. The van der Waals surface area contributed by atoms with Crippen LogP contribution in [0.4, 0.5) is 13.2 Å². The van der Waals surface area contributed by atoms with Gasteiger partial charge in [-0.1, -0.05) is 24.3 Å². The molecule has 0 spiro atoms. The van der Waals surface area contributed by atoms with Gasteiger partial charge >= 0.3 is 6.18 Å². The van der Waals surface area contributed by atoms with Crippen molar-refractivity contribution in [2.75, 3.05) is 0 Å². The maximum atomic E-state index is 13.3. The number of nitrogens with zero attached hydrogens (tertiary/aromatic N) is 1. The van der Waals surface area contributed by atoms with Crippen LogP contribution in [0.15, 0.2) is 42.6 Å². The molecule has 23 heavy (non-hydrogen) atoms. The van der Waals surface area contributed by atoms with E-state index in [4.69, 9.17) is 0 Å².